The number of hydrogen-bond donors (Lipinski definition) is 0. The Kier molecular flexibility index (Phi) is 3.88. The topological polar surface area (TPSA) is 9.23 Å². The molecule has 15 heavy (non-hydrogen) atoms. The number of rotatable bonds is 3. The average Bonchev–Trinajstić information content (AvgIpc) is 1.96. The molecule has 1 nitrogen and oxygen atoms in total. The molecule has 0 aliphatic rings. The Morgan fingerprint density at radius 2 is 1.27 bits per heavy atom. The first-order valence-electron chi connectivity index (χ1n) is 3.15. The van der Waals surface area contributed by atoms with Gasteiger partial charge in [-0.2, -0.15) is 35.1 Å². The lowest BCUT2D eigenvalue weighted by Crippen LogP contribution is -2.43. The van der Waals surface area contributed by atoms with Crippen molar-refractivity contribution >= 4 is 0 Å². The highest BCUT2D eigenvalue weighted by molar-refractivity contribution is 4.75. The predicted molar refractivity (Wildman–Crippen MR) is 27.9 cm³/mol. The summed E-state index contributed by atoms with van der Waals surface area (Å²) in [7, 11) is 0. The fourth-order valence-corrected chi connectivity index (χ4v) is 0.354. The molecule has 0 radical (unpaired) electrons. The molecule has 0 amide bonds. The third-order valence-electron chi connectivity index (χ3n) is 1.08. The van der Waals surface area contributed by atoms with E-state index in [4.69, 9.17) is 0 Å². The summed E-state index contributed by atoms with van der Waals surface area (Å²) in [5, 5.41) is 0. The lowest BCUT2D eigenvalue weighted by Gasteiger charge is -2.21. The average molecular weight is 250 g/mol. The Morgan fingerprint density at radius 1 is 0.867 bits per heavy atom. The fourth-order valence-electron chi connectivity index (χ4n) is 0.354. The number of alkyl halides is 9. The van der Waals surface area contributed by atoms with Crippen molar-refractivity contribution in [2.75, 3.05) is 6.61 Å². The van der Waals surface area contributed by atoms with Gasteiger partial charge in [0.2, 0.25) is 0 Å². The van der Waals surface area contributed by atoms with Crippen molar-refractivity contribution in [3.05, 3.63) is 0 Å². The summed E-state index contributed by atoms with van der Waals surface area (Å²) in [6, 6.07) is 0. The second-order valence-corrected chi connectivity index (χ2v) is 2.37. The SMILES string of the molecule is FC(OCC(F)(F)C(F)(F)F)C(F)(F)F. The maximum atomic E-state index is 11.9. The molecular weight excluding hydrogens is 247 g/mol. The van der Waals surface area contributed by atoms with E-state index in [-0.39, 0.29) is 0 Å². The van der Waals surface area contributed by atoms with E-state index in [1.165, 1.54) is 0 Å². The molecule has 1 atom stereocenters. The van der Waals surface area contributed by atoms with Gasteiger partial charge < -0.3 is 4.74 Å². The zero-order valence-corrected chi connectivity index (χ0v) is 6.59. The van der Waals surface area contributed by atoms with E-state index in [1.54, 1.807) is 0 Å². The van der Waals surface area contributed by atoms with Crippen molar-refractivity contribution in [3.63, 3.8) is 0 Å². The van der Waals surface area contributed by atoms with Crippen molar-refractivity contribution < 1.29 is 44.3 Å². The fraction of sp³-hybridized carbons (Fsp3) is 1.00. The largest absolute Gasteiger partial charge is 0.455 e. The molecule has 0 aromatic carbocycles. The minimum absolute atomic E-state index is 2.73. The lowest BCUT2D eigenvalue weighted by molar-refractivity contribution is -0.327. The molecule has 0 rings (SSSR count). The van der Waals surface area contributed by atoms with Crippen LogP contribution in [-0.4, -0.2) is 31.2 Å². The molecule has 0 bridgehead atoms. The zero-order chi connectivity index (χ0) is 12.5. The summed E-state index contributed by atoms with van der Waals surface area (Å²) in [5.74, 6) is -5.53. The van der Waals surface area contributed by atoms with E-state index in [9.17, 15) is 39.5 Å². The van der Waals surface area contributed by atoms with Crippen LogP contribution in [0.5, 0.6) is 0 Å². The van der Waals surface area contributed by atoms with Gasteiger partial charge in [-0.3, -0.25) is 0 Å². The molecular formula is C5H3F9O. The Labute approximate surface area is 76.8 Å². The normalized spacial score (nSPS) is 16.6. The Hall–Kier alpha value is -0.670. The molecule has 0 heterocycles. The van der Waals surface area contributed by atoms with E-state index >= 15 is 0 Å². The van der Waals surface area contributed by atoms with Gasteiger partial charge in [0.15, 0.2) is 0 Å². The molecule has 0 saturated carbocycles. The molecule has 0 aromatic rings. The molecule has 0 aromatic heterocycles. The van der Waals surface area contributed by atoms with Crippen LogP contribution in [0.4, 0.5) is 39.5 Å². The lowest BCUT2D eigenvalue weighted by atomic mass is 10.3. The summed E-state index contributed by atoms with van der Waals surface area (Å²) in [6.07, 6.45) is -15.9. The van der Waals surface area contributed by atoms with Crippen LogP contribution in [0.1, 0.15) is 0 Å². The van der Waals surface area contributed by atoms with Gasteiger partial charge in [-0.1, -0.05) is 0 Å². The highest BCUT2D eigenvalue weighted by Crippen LogP contribution is 2.36. The van der Waals surface area contributed by atoms with Crippen molar-refractivity contribution in [3.8, 4) is 0 Å². The van der Waals surface area contributed by atoms with Crippen molar-refractivity contribution in [2.45, 2.75) is 24.6 Å². The van der Waals surface area contributed by atoms with E-state index in [1.807, 2.05) is 0 Å². The standard InChI is InChI=1S/C5H3F9O/c6-2(4(9,10)11)15-1-3(7,8)5(12,13)14/h2H,1H2. The zero-order valence-electron chi connectivity index (χ0n) is 6.59. The Balaban J connectivity index is 4.29. The highest BCUT2D eigenvalue weighted by atomic mass is 19.4. The van der Waals surface area contributed by atoms with Crippen LogP contribution in [0.25, 0.3) is 0 Å². The van der Waals surface area contributed by atoms with Gasteiger partial charge in [-0.15, -0.1) is 0 Å². The smallest absolute Gasteiger partial charge is 0.335 e. The number of hydrogen-bond acceptors (Lipinski definition) is 1. The molecule has 0 fully saturated rings. The molecule has 0 aliphatic heterocycles. The monoisotopic (exact) mass is 250 g/mol. The van der Waals surface area contributed by atoms with E-state index in [0.717, 1.165) is 0 Å². The summed E-state index contributed by atoms with van der Waals surface area (Å²) in [6.45, 7) is -2.73. The van der Waals surface area contributed by atoms with Crippen LogP contribution in [-0.2, 0) is 4.74 Å². The van der Waals surface area contributed by atoms with Crippen LogP contribution >= 0.6 is 0 Å². The van der Waals surface area contributed by atoms with Gasteiger partial charge in [-0.05, 0) is 0 Å². The molecule has 1 unspecified atom stereocenters. The summed E-state index contributed by atoms with van der Waals surface area (Å²) in [5.41, 5.74) is 0. The Bertz CT molecular complexity index is 204. The molecule has 0 aliphatic carbocycles. The van der Waals surface area contributed by atoms with Crippen LogP contribution in [0.2, 0.25) is 0 Å². The van der Waals surface area contributed by atoms with Gasteiger partial charge in [-0.25, -0.2) is 4.39 Å². The second kappa shape index (κ2) is 4.06. The number of halogens is 9. The molecule has 0 spiro atoms. The first kappa shape index (κ1) is 14.3. The van der Waals surface area contributed by atoms with E-state index in [2.05, 4.69) is 4.74 Å². The number of ether oxygens (including phenoxy) is 1. The van der Waals surface area contributed by atoms with Crippen LogP contribution in [0.15, 0.2) is 0 Å². The van der Waals surface area contributed by atoms with Crippen molar-refractivity contribution in [1.82, 2.24) is 0 Å². The van der Waals surface area contributed by atoms with E-state index < -0.39 is 31.2 Å². The third kappa shape index (κ3) is 4.14. The van der Waals surface area contributed by atoms with Crippen LogP contribution in [0, 0.1) is 0 Å². The quantitative estimate of drug-likeness (QED) is 0.699. The first-order chi connectivity index (χ1) is 6.38. The van der Waals surface area contributed by atoms with Gasteiger partial charge in [0.1, 0.15) is 6.61 Å². The predicted octanol–water partition coefficient (Wildman–Crippen LogP) is 3.06. The maximum absolute atomic E-state index is 11.9. The van der Waals surface area contributed by atoms with Crippen molar-refractivity contribution in [2.24, 2.45) is 0 Å². The molecule has 0 N–H and O–H groups in total. The second-order valence-electron chi connectivity index (χ2n) is 2.37. The van der Waals surface area contributed by atoms with E-state index in [0.29, 0.717) is 0 Å². The van der Waals surface area contributed by atoms with Gasteiger partial charge in [0, 0.05) is 0 Å². The van der Waals surface area contributed by atoms with Gasteiger partial charge in [0.25, 0.3) is 6.36 Å². The van der Waals surface area contributed by atoms with Crippen molar-refractivity contribution in [1.29, 1.82) is 0 Å². The minimum atomic E-state index is -6.09. The minimum Gasteiger partial charge on any atom is -0.335 e. The summed E-state index contributed by atoms with van der Waals surface area (Å²) >= 11 is 0. The molecule has 10 heteroatoms. The molecule has 0 saturated heterocycles. The Morgan fingerprint density at radius 3 is 1.53 bits per heavy atom. The highest BCUT2D eigenvalue weighted by Gasteiger charge is 2.58. The van der Waals surface area contributed by atoms with Crippen LogP contribution in [0.3, 0.4) is 0 Å². The van der Waals surface area contributed by atoms with Gasteiger partial charge in [0.05, 0.1) is 0 Å². The first-order valence-corrected chi connectivity index (χ1v) is 3.15. The third-order valence-corrected chi connectivity index (χ3v) is 1.08. The summed E-state index contributed by atoms with van der Waals surface area (Å²) < 4.78 is 106. The summed E-state index contributed by atoms with van der Waals surface area (Å²) in [4.78, 5) is 0. The van der Waals surface area contributed by atoms with Crippen LogP contribution < -0.4 is 0 Å². The maximum Gasteiger partial charge on any atom is 0.455 e. The molecule has 92 valence electrons. The van der Waals surface area contributed by atoms with Gasteiger partial charge >= 0.3 is 18.3 Å².